The maximum absolute atomic E-state index is 12.7. The number of sulfonamides is 1. The smallest absolute Gasteiger partial charge is 0.228 e. The summed E-state index contributed by atoms with van der Waals surface area (Å²) < 4.78 is 26.7. The van der Waals surface area contributed by atoms with Crippen molar-refractivity contribution < 1.29 is 13.2 Å². The van der Waals surface area contributed by atoms with Gasteiger partial charge in [-0.2, -0.15) is 4.31 Å². The van der Waals surface area contributed by atoms with Crippen LogP contribution in [0.1, 0.15) is 12.0 Å². The number of nitrogens with zero attached hydrogens (tertiary/aromatic N) is 2. The zero-order valence-corrected chi connectivity index (χ0v) is 14.2. The average Bonchev–Trinajstić information content (AvgIpc) is 2.78. The van der Waals surface area contributed by atoms with E-state index in [9.17, 15) is 13.2 Å². The predicted molar refractivity (Wildman–Crippen MR) is 94.1 cm³/mol. The number of para-hydroxylation sites is 1. The van der Waals surface area contributed by atoms with Crippen LogP contribution in [0.3, 0.4) is 0 Å². The highest BCUT2D eigenvalue weighted by molar-refractivity contribution is 7.88. The van der Waals surface area contributed by atoms with Crippen LogP contribution in [0.5, 0.6) is 0 Å². The molecule has 1 aliphatic heterocycles. The molecule has 1 amide bonds. The van der Waals surface area contributed by atoms with Gasteiger partial charge in [-0.05, 0) is 17.7 Å². The minimum Gasteiger partial charge on any atom is -0.311 e. The van der Waals surface area contributed by atoms with Crippen molar-refractivity contribution in [3.63, 3.8) is 0 Å². The van der Waals surface area contributed by atoms with Crippen molar-refractivity contribution >= 4 is 21.6 Å². The highest BCUT2D eigenvalue weighted by Gasteiger charge is 2.29. The van der Waals surface area contributed by atoms with E-state index in [1.54, 1.807) is 17.0 Å². The molecule has 1 fully saturated rings. The van der Waals surface area contributed by atoms with Crippen LogP contribution in [0.25, 0.3) is 0 Å². The summed E-state index contributed by atoms with van der Waals surface area (Å²) in [4.78, 5) is 14.0. The van der Waals surface area contributed by atoms with E-state index in [0.29, 0.717) is 13.1 Å². The van der Waals surface area contributed by atoms with Crippen LogP contribution in [0.15, 0.2) is 60.7 Å². The monoisotopic (exact) mass is 344 g/mol. The van der Waals surface area contributed by atoms with Crippen molar-refractivity contribution in [3.05, 3.63) is 66.2 Å². The summed E-state index contributed by atoms with van der Waals surface area (Å²) in [5.41, 5.74) is 1.57. The molecule has 0 bridgehead atoms. The van der Waals surface area contributed by atoms with E-state index in [-0.39, 0.29) is 24.6 Å². The fraction of sp³-hybridized carbons (Fsp3) is 0.278. The zero-order chi connectivity index (χ0) is 17.0. The van der Waals surface area contributed by atoms with Gasteiger partial charge in [0.15, 0.2) is 0 Å². The van der Waals surface area contributed by atoms with Crippen LogP contribution in [-0.2, 0) is 20.6 Å². The summed E-state index contributed by atoms with van der Waals surface area (Å²) in [6.07, 6.45) is 0.197. The summed E-state index contributed by atoms with van der Waals surface area (Å²) in [6, 6.07) is 18.5. The van der Waals surface area contributed by atoms with E-state index >= 15 is 0 Å². The van der Waals surface area contributed by atoms with Crippen molar-refractivity contribution in [3.8, 4) is 0 Å². The Hall–Kier alpha value is -2.18. The molecule has 6 heteroatoms. The standard InChI is InChI=1S/C18H20N2O3S/c21-18-11-12-19(13-14-20(18)17-9-5-2-6-10-17)24(22,23)15-16-7-3-1-4-8-16/h1-10H,11-15H2. The second kappa shape index (κ2) is 7.15. The fourth-order valence-electron chi connectivity index (χ4n) is 2.84. The van der Waals surface area contributed by atoms with Gasteiger partial charge in [0.25, 0.3) is 0 Å². The number of carbonyl (C=O) groups is 1. The molecule has 1 aliphatic rings. The Morgan fingerprint density at radius 1 is 0.833 bits per heavy atom. The fourth-order valence-corrected chi connectivity index (χ4v) is 4.36. The maximum atomic E-state index is 12.7. The van der Waals surface area contributed by atoms with Gasteiger partial charge >= 0.3 is 0 Å². The summed E-state index contributed by atoms with van der Waals surface area (Å²) in [5, 5.41) is 0. The molecule has 0 radical (unpaired) electrons. The summed E-state index contributed by atoms with van der Waals surface area (Å²) in [7, 11) is -3.43. The van der Waals surface area contributed by atoms with Gasteiger partial charge < -0.3 is 4.90 Å². The second-order valence-corrected chi connectivity index (χ2v) is 7.74. The molecule has 5 nitrogen and oxygen atoms in total. The lowest BCUT2D eigenvalue weighted by molar-refractivity contribution is -0.118. The first-order valence-electron chi connectivity index (χ1n) is 7.93. The molecule has 1 heterocycles. The quantitative estimate of drug-likeness (QED) is 0.855. The third-order valence-corrected chi connectivity index (χ3v) is 5.95. The van der Waals surface area contributed by atoms with E-state index in [0.717, 1.165) is 11.3 Å². The molecule has 2 aromatic carbocycles. The Balaban J connectivity index is 1.74. The number of carbonyl (C=O) groups excluding carboxylic acids is 1. The number of hydrogen-bond donors (Lipinski definition) is 0. The molecule has 0 aliphatic carbocycles. The molecule has 126 valence electrons. The van der Waals surface area contributed by atoms with Crippen molar-refractivity contribution in [2.24, 2.45) is 0 Å². The molecule has 2 aromatic rings. The van der Waals surface area contributed by atoms with Crippen LogP contribution in [0.2, 0.25) is 0 Å². The van der Waals surface area contributed by atoms with Gasteiger partial charge in [-0.3, -0.25) is 4.79 Å². The first-order chi connectivity index (χ1) is 11.6. The Morgan fingerprint density at radius 2 is 1.46 bits per heavy atom. The Morgan fingerprint density at radius 3 is 2.12 bits per heavy atom. The van der Waals surface area contributed by atoms with Crippen molar-refractivity contribution in [2.75, 3.05) is 24.5 Å². The van der Waals surface area contributed by atoms with Gasteiger partial charge in [0.05, 0.1) is 5.75 Å². The van der Waals surface area contributed by atoms with E-state index in [2.05, 4.69) is 0 Å². The van der Waals surface area contributed by atoms with Crippen molar-refractivity contribution in [1.82, 2.24) is 4.31 Å². The lowest BCUT2D eigenvalue weighted by Crippen LogP contribution is -2.36. The molecule has 24 heavy (non-hydrogen) atoms. The molecule has 0 aromatic heterocycles. The van der Waals surface area contributed by atoms with Gasteiger partial charge in [-0.25, -0.2) is 8.42 Å². The SMILES string of the molecule is O=C1CCN(S(=O)(=O)Cc2ccccc2)CCN1c1ccccc1. The number of hydrogen-bond acceptors (Lipinski definition) is 3. The first kappa shape index (κ1) is 16.7. The van der Waals surface area contributed by atoms with E-state index in [1.807, 2.05) is 48.5 Å². The number of anilines is 1. The van der Waals surface area contributed by atoms with Gasteiger partial charge in [0.2, 0.25) is 15.9 Å². The van der Waals surface area contributed by atoms with Crippen LogP contribution in [0.4, 0.5) is 5.69 Å². The highest BCUT2D eigenvalue weighted by Crippen LogP contribution is 2.19. The zero-order valence-electron chi connectivity index (χ0n) is 13.3. The second-order valence-electron chi connectivity index (χ2n) is 5.77. The molecule has 0 atom stereocenters. The summed E-state index contributed by atoms with van der Waals surface area (Å²) in [6.45, 7) is 0.921. The normalized spacial score (nSPS) is 16.8. The van der Waals surface area contributed by atoms with Crippen molar-refractivity contribution in [1.29, 1.82) is 0 Å². The van der Waals surface area contributed by atoms with Crippen molar-refractivity contribution in [2.45, 2.75) is 12.2 Å². The molecule has 0 N–H and O–H groups in total. The molecular formula is C18H20N2O3S. The van der Waals surface area contributed by atoms with Crippen LogP contribution >= 0.6 is 0 Å². The van der Waals surface area contributed by atoms with Crippen LogP contribution in [-0.4, -0.2) is 38.3 Å². The lowest BCUT2D eigenvalue weighted by atomic mass is 10.2. The van der Waals surface area contributed by atoms with Crippen LogP contribution < -0.4 is 4.90 Å². The third kappa shape index (κ3) is 3.83. The predicted octanol–water partition coefficient (Wildman–Crippen LogP) is 2.26. The summed E-state index contributed by atoms with van der Waals surface area (Å²) >= 11 is 0. The molecule has 3 rings (SSSR count). The lowest BCUT2D eigenvalue weighted by Gasteiger charge is -2.22. The van der Waals surface area contributed by atoms with Crippen LogP contribution in [0, 0.1) is 0 Å². The van der Waals surface area contributed by atoms with Gasteiger partial charge in [-0.1, -0.05) is 48.5 Å². The molecular weight excluding hydrogens is 324 g/mol. The third-order valence-electron chi connectivity index (χ3n) is 4.10. The Bertz CT molecular complexity index is 792. The van der Waals surface area contributed by atoms with E-state index in [4.69, 9.17) is 0 Å². The first-order valence-corrected chi connectivity index (χ1v) is 9.54. The number of benzene rings is 2. The van der Waals surface area contributed by atoms with Gasteiger partial charge in [0.1, 0.15) is 0 Å². The minimum atomic E-state index is -3.43. The maximum Gasteiger partial charge on any atom is 0.228 e. The highest BCUT2D eigenvalue weighted by atomic mass is 32.2. The van der Waals surface area contributed by atoms with Gasteiger partial charge in [0, 0.05) is 31.7 Å². The largest absolute Gasteiger partial charge is 0.311 e. The molecule has 1 saturated heterocycles. The van der Waals surface area contributed by atoms with Gasteiger partial charge in [-0.15, -0.1) is 0 Å². The van der Waals surface area contributed by atoms with E-state index in [1.165, 1.54) is 4.31 Å². The Kier molecular flexibility index (Phi) is 4.97. The number of rotatable bonds is 4. The Labute approximate surface area is 142 Å². The minimum absolute atomic E-state index is 0.0344. The average molecular weight is 344 g/mol. The summed E-state index contributed by atoms with van der Waals surface area (Å²) in [5.74, 6) is -0.0773. The molecule has 0 unspecified atom stereocenters. The van der Waals surface area contributed by atoms with E-state index < -0.39 is 10.0 Å². The topological polar surface area (TPSA) is 57.7 Å². The molecule has 0 saturated carbocycles. The molecule has 0 spiro atoms. The number of amides is 1.